The average molecular weight is 210 g/mol. The first-order valence-electron chi connectivity index (χ1n) is 4.94. The Labute approximate surface area is 90.5 Å². The summed E-state index contributed by atoms with van der Waals surface area (Å²) in [5, 5.41) is 2.87. The molecule has 0 aliphatic carbocycles. The predicted molar refractivity (Wildman–Crippen MR) is 60.2 cm³/mol. The third-order valence-electron chi connectivity index (χ3n) is 1.80. The van der Waals surface area contributed by atoms with Gasteiger partial charge in [-0.3, -0.25) is 0 Å². The lowest BCUT2D eigenvalue weighted by molar-refractivity contribution is 0.170. The Bertz CT molecular complexity index is 303. The normalized spacial score (nSPS) is 12.6. The van der Waals surface area contributed by atoms with Crippen molar-refractivity contribution in [1.82, 2.24) is 14.9 Å². The molecular formula is C10H18N4O. The van der Waals surface area contributed by atoms with Crippen molar-refractivity contribution in [1.29, 1.82) is 0 Å². The van der Waals surface area contributed by atoms with Gasteiger partial charge in [0, 0.05) is 25.9 Å². The summed E-state index contributed by atoms with van der Waals surface area (Å²) < 4.78 is 5.63. The zero-order valence-corrected chi connectivity index (χ0v) is 9.69. The maximum atomic E-state index is 5.63. The van der Waals surface area contributed by atoms with Crippen LogP contribution in [0.2, 0.25) is 0 Å². The molecule has 1 atom stereocenters. The Morgan fingerprint density at radius 2 is 2.27 bits per heavy atom. The quantitative estimate of drug-likeness (QED) is 0.780. The highest BCUT2D eigenvalue weighted by Gasteiger charge is 2.06. The Hall–Kier alpha value is -1.36. The van der Waals surface area contributed by atoms with Gasteiger partial charge in [0.05, 0.1) is 0 Å². The van der Waals surface area contributed by atoms with E-state index < -0.39 is 0 Å². The van der Waals surface area contributed by atoms with E-state index in [0.29, 0.717) is 11.8 Å². The molecule has 1 aromatic rings. The third-order valence-corrected chi connectivity index (χ3v) is 1.80. The van der Waals surface area contributed by atoms with Crippen molar-refractivity contribution in [3.63, 3.8) is 0 Å². The largest absolute Gasteiger partial charge is 0.473 e. The second-order valence-corrected chi connectivity index (χ2v) is 3.66. The Kier molecular flexibility index (Phi) is 4.30. The van der Waals surface area contributed by atoms with Crippen LogP contribution in [0.25, 0.3) is 0 Å². The minimum Gasteiger partial charge on any atom is -0.473 e. The molecule has 0 aromatic carbocycles. The topological polar surface area (TPSA) is 50.3 Å². The lowest BCUT2D eigenvalue weighted by atomic mass is 10.4. The van der Waals surface area contributed by atoms with Crippen molar-refractivity contribution < 1.29 is 4.74 Å². The summed E-state index contributed by atoms with van der Waals surface area (Å²) in [6.07, 6.45) is 1.79. The van der Waals surface area contributed by atoms with Gasteiger partial charge < -0.3 is 15.0 Å². The molecule has 0 saturated heterocycles. The Morgan fingerprint density at radius 3 is 2.87 bits per heavy atom. The van der Waals surface area contributed by atoms with Crippen molar-refractivity contribution in [2.75, 3.05) is 33.0 Å². The van der Waals surface area contributed by atoms with Crippen LogP contribution in [-0.2, 0) is 0 Å². The minimum atomic E-state index is 0.111. The van der Waals surface area contributed by atoms with Gasteiger partial charge in [-0.1, -0.05) is 0 Å². The predicted octanol–water partition coefficient (Wildman–Crippen LogP) is 0.847. The molecule has 0 spiro atoms. The number of rotatable bonds is 5. The van der Waals surface area contributed by atoms with Crippen molar-refractivity contribution in [3.8, 4) is 5.88 Å². The van der Waals surface area contributed by atoms with Crippen molar-refractivity contribution in [3.05, 3.63) is 12.3 Å². The molecule has 0 aliphatic heterocycles. The number of aromatic nitrogens is 2. The molecule has 1 unspecified atom stereocenters. The van der Waals surface area contributed by atoms with Crippen LogP contribution in [0.3, 0.4) is 0 Å². The first-order valence-corrected chi connectivity index (χ1v) is 4.94. The third kappa shape index (κ3) is 4.12. The van der Waals surface area contributed by atoms with Gasteiger partial charge in [-0.15, -0.1) is 0 Å². The molecule has 1 aromatic heterocycles. The van der Waals surface area contributed by atoms with Gasteiger partial charge in [-0.2, -0.15) is 4.98 Å². The van der Waals surface area contributed by atoms with Crippen LogP contribution in [0.5, 0.6) is 5.88 Å². The number of ether oxygens (including phenoxy) is 1. The lowest BCUT2D eigenvalue weighted by Crippen LogP contribution is -2.28. The summed E-state index contributed by atoms with van der Waals surface area (Å²) in [4.78, 5) is 10.3. The molecule has 15 heavy (non-hydrogen) atoms. The van der Waals surface area contributed by atoms with E-state index >= 15 is 0 Å². The van der Waals surface area contributed by atoms with E-state index in [2.05, 4.69) is 20.2 Å². The van der Waals surface area contributed by atoms with Crippen molar-refractivity contribution in [2.24, 2.45) is 0 Å². The summed E-state index contributed by atoms with van der Waals surface area (Å²) in [6.45, 7) is 2.88. The first kappa shape index (κ1) is 11.7. The van der Waals surface area contributed by atoms with Crippen LogP contribution >= 0.6 is 0 Å². The second-order valence-electron chi connectivity index (χ2n) is 3.66. The van der Waals surface area contributed by atoms with Crippen LogP contribution in [0.15, 0.2) is 12.3 Å². The molecule has 0 bridgehead atoms. The van der Waals surface area contributed by atoms with Crippen LogP contribution in [0.4, 0.5) is 5.95 Å². The van der Waals surface area contributed by atoms with Gasteiger partial charge in [0.25, 0.3) is 0 Å². The molecule has 1 N–H and O–H groups in total. The number of hydrogen-bond acceptors (Lipinski definition) is 5. The number of nitrogens with zero attached hydrogens (tertiary/aromatic N) is 3. The van der Waals surface area contributed by atoms with E-state index in [-0.39, 0.29) is 6.10 Å². The van der Waals surface area contributed by atoms with E-state index in [1.807, 2.05) is 21.0 Å². The molecule has 0 saturated carbocycles. The van der Waals surface area contributed by atoms with Crippen molar-refractivity contribution >= 4 is 5.95 Å². The first-order chi connectivity index (χ1) is 7.11. The standard InChI is InChI=1S/C10H18N4O/c1-8(7-14(3)4)15-9-5-6-12-10(11-2)13-9/h5-6,8H,7H2,1-4H3,(H,11,12,13). The fourth-order valence-corrected chi connectivity index (χ4v) is 1.29. The van der Waals surface area contributed by atoms with Crippen LogP contribution in [0, 0.1) is 0 Å². The molecule has 5 nitrogen and oxygen atoms in total. The molecule has 0 radical (unpaired) electrons. The van der Waals surface area contributed by atoms with Crippen LogP contribution < -0.4 is 10.1 Å². The monoisotopic (exact) mass is 210 g/mol. The number of nitrogens with one attached hydrogen (secondary N) is 1. The maximum absolute atomic E-state index is 5.63. The average Bonchev–Trinajstić information content (AvgIpc) is 2.16. The molecule has 84 valence electrons. The molecule has 0 aliphatic rings. The molecule has 1 heterocycles. The van der Waals surface area contributed by atoms with Gasteiger partial charge in [-0.25, -0.2) is 4.98 Å². The van der Waals surface area contributed by atoms with E-state index in [0.717, 1.165) is 6.54 Å². The fraction of sp³-hybridized carbons (Fsp3) is 0.600. The van der Waals surface area contributed by atoms with E-state index in [4.69, 9.17) is 4.74 Å². The molecule has 1 rings (SSSR count). The smallest absolute Gasteiger partial charge is 0.225 e. The molecule has 5 heteroatoms. The summed E-state index contributed by atoms with van der Waals surface area (Å²) >= 11 is 0. The van der Waals surface area contributed by atoms with Gasteiger partial charge >= 0.3 is 0 Å². The summed E-state index contributed by atoms with van der Waals surface area (Å²) in [5.74, 6) is 1.17. The van der Waals surface area contributed by atoms with Crippen LogP contribution in [-0.4, -0.2) is 48.7 Å². The second kappa shape index (κ2) is 5.50. The maximum Gasteiger partial charge on any atom is 0.225 e. The molecule has 0 fully saturated rings. The highest BCUT2D eigenvalue weighted by molar-refractivity contribution is 5.26. The van der Waals surface area contributed by atoms with Crippen molar-refractivity contribution in [2.45, 2.75) is 13.0 Å². The number of likely N-dealkylation sites (N-methyl/N-ethyl adjacent to an activating group) is 1. The Balaban J connectivity index is 2.55. The van der Waals surface area contributed by atoms with Gasteiger partial charge in [0.1, 0.15) is 6.10 Å². The van der Waals surface area contributed by atoms with Gasteiger partial charge in [-0.05, 0) is 21.0 Å². The van der Waals surface area contributed by atoms with Crippen LogP contribution in [0.1, 0.15) is 6.92 Å². The fourth-order valence-electron chi connectivity index (χ4n) is 1.29. The zero-order valence-electron chi connectivity index (χ0n) is 9.69. The lowest BCUT2D eigenvalue weighted by Gasteiger charge is -2.18. The zero-order chi connectivity index (χ0) is 11.3. The van der Waals surface area contributed by atoms with E-state index in [1.165, 1.54) is 0 Å². The van der Waals surface area contributed by atoms with Gasteiger partial charge in [0.15, 0.2) is 0 Å². The summed E-state index contributed by atoms with van der Waals surface area (Å²) in [6, 6.07) is 1.76. The van der Waals surface area contributed by atoms with Gasteiger partial charge in [0.2, 0.25) is 11.8 Å². The van der Waals surface area contributed by atoms with E-state index in [9.17, 15) is 0 Å². The SMILES string of the molecule is CNc1nccc(OC(C)CN(C)C)n1. The Morgan fingerprint density at radius 1 is 1.53 bits per heavy atom. The molecular weight excluding hydrogens is 192 g/mol. The molecule has 0 amide bonds. The summed E-state index contributed by atoms with van der Waals surface area (Å²) in [7, 11) is 5.81. The highest BCUT2D eigenvalue weighted by atomic mass is 16.5. The highest BCUT2D eigenvalue weighted by Crippen LogP contribution is 2.09. The van der Waals surface area contributed by atoms with E-state index in [1.54, 1.807) is 19.3 Å². The minimum absolute atomic E-state index is 0.111. The number of anilines is 1. The number of hydrogen-bond donors (Lipinski definition) is 1. The summed E-state index contributed by atoms with van der Waals surface area (Å²) in [5.41, 5.74) is 0.